The summed E-state index contributed by atoms with van der Waals surface area (Å²) in [5, 5.41) is 11.9. The van der Waals surface area contributed by atoms with E-state index in [1.165, 1.54) is 18.5 Å². The van der Waals surface area contributed by atoms with Gasteiger partial charge in [-0.05, 0) is 30.4 Å². The predicted octanol–water partition coefficient (Wildman–Crippen LogP) is 2.67. The molecule has 0 amide bonds. The number of benzene rings is 1. The second-order valence-corrected chi connectivity index (χ2v) is 5.12. The highest BCUT2D eigenvalue weighted by Crippen LogP contribution is 2.39. The molecule has 1 fully saturated rings. The van der Waals surface area contributed by atoms with Gasteiger partial charge in [-0.2, -0.15) is 0 Å². The molecule has 0 spiro atoms. The van der Waals surface area contributed by atoms with Crippen LogP contribution in [0.2, 0.25) is 0 Å². The predicted molar refractivity (Wildman–Crippen MR) is 74.8 cm³/mol. The van der Waals surface area contributed by atoms with Crippen LogP contribution in [0.3, 0.4) is 0 Å². The molecular formula is C15H14FN3O2. The van der Waals surface area contributed by atoms with Crippen molar-refractivity contribution in [2.24, 2.45) is 0 Å². The minimum absolute atomic E-state index is 0.0848. The van der Waals surface area contributed by atoms with Gasteiger partial charge in [0.2, 0.25) is 0 Å². The van der Waals surface area contributed by atoms with Crippen LogP contribution in [-0.2, 0) is 0 Å². The summed E-state index contributed by atoms with van der Waals surface area (Å²) in [6.07, 6.45) is 4.27. The first-order chi connectivity index (χ1) is 10.1. The molecule has 1 aromatic carbocycles. The van der Waals surface area contributed by atoms with Crippen molar-refractivity contribution in [2.45, 2.75) is 24.8 Å². The summed E-state index contributed by atoms with van der Waals surface area (Å²) in [6, 6.07) is 7.03. The van der Waals surface area contributed by atoms with E-state index >= 15 is 0 Å². The van der Waals surface area contributed by atoms with Crippen LogP contribution >= 0.6 is 0 Å². The second-order valence-electron chi connectivity index (χ2n) is 5.12. The third kappa shape index (κ3) is 2.84. The molecule has 0 saturated heterocycles. The molecule has 2 aromatic rings. The molecular weight excluding hydrogens is 273 g/mol. The summed E-state index contributed by atoms with van der Waals surface area (Å²) in [4.78, 5) is 18.5. The molecule has 0 unspecified atom stereocenters. The van der Waals surface area contributed by atoms with Gasteiger partial charge in [0.05, 0.1) is 12.4 Å². The van der Waals surface area contributed by atoms with Gasteiger partial charge in [0.15, 0.2) is 5.69 Å². The Morgan fingerprint density at radius 2 is 2.00 bits per heavy atom. The van der Waals surface area contributed by atoms with E-state index in [2.05, 4.69) is 15.3 Å². The average molecular weight is 287 g/mol. The molecule has 0 radical (unpaired) electrons. The third-order valence-electron chi connectivity index (χ3n) is 3.71. The van der Waals surface area contributed by atoms with Crippen molar-refractivity contribution in [3.8, 4) is 0 Å². The number of carbonyl (C=O) groups is 1. The maximum atomic E-state index is 13.6. The van der Waals surface area contributed by atoms with Gasteiger partial charge in [0.25, 0.3) is 0 Å². The Hall–Kier alpha value is -2.50. The molecule has 0 atom stereocenters. The van der Waals surface area contributed by atoms with E-state index in [9.17, 15) is 9.18 Å². The van der Waals surface area contributed by atoms with Crippen molar-refractivity contribution in [3.05, 3.63) is 53.7 Å². The number of anilines is 1. The van der Waals surface area contributed by atoms with Gasteiger partial charge in [-0.15, -0.1) is 0 Å². The smallest absolute Gasteiger partial charge is 0.356 e. The van der Waals surface area contributed by atoms with Crippen molar-refractivity contribution in [2.75, 3.05) is 5.32 Å². The van der Waals surface area contributed by atoms with Crippen molar-refractivity contribution < 1.29 is 14.3 Å². The largest absolute Gasteiger partial charge is 0.476 e. The zero-order valence-electron chi connectivity index (χ0n) is 11.2. The van der Waals surface area contributed by atoms with Crippen molar-refractivity contribution in [1.29, 1.82) is 0 Å². The first kappa shape index (κ1) is 13.5. The Morgan fingerprint density at radius 3 is 2.62 bits per heavy atom. The zero-order chi connectivity index (χ0) is 14.8. The fraction of sp³-hybridized carbons (Fsp3) is 0.267. The molecule has 2 N–H and O–H groups in total. The van der Waals surface area contributed by atoms with Gasteiger partial charge < -0.3 is 10.4 Å². The second kappa shape index (κ2) is 5.47. The number of carboxylic acids is 1. The van der Waals surface area contributed by atoms with Crippen LogP contribution in [-0.4, -0.2) is 27.1 Å². The highest BCUT2D eigenvalue weighted by molar-refractivity contribution is 5.84. The monoisotopic (exact) mass is 287 g/mol. The molecule has 0 bridgehead atoms. The van der Waals surface area contributed by atoms with Crippen LogP contribution < -0.4 is 5.32 Å². The Bertz CT molecular complexity index is 654. The number of halogens is 1. The lowest BCUT2D eigenvalue weighted by molar-refractivity contribution is 0.0690. The van der Waals surface area contributed by atoms with Gasteiger partial charge in [0, 0.05) is 6.04 Å². The summed E-state index contributed by atoms with van der Waals surface area (Å²) < 4.78 is 13.6. The normalized spacial score (nSPS) is 20.6. The van der Waals surface area contributed by atoms with Gasteiger partial charge in [-0.1, -0.05) is 18.2 Å². The molecule has 1 heterocycles. The lowest BCUT2D eigenvalue weighted by Gasteiger charge is -2.36. The number of rotatable bonds is 4. The Morgan fingerprint density at radius 1 is 1.24 bits per heavy atom. The molecule has 108 valence electrons. The first-order valence-electron chi connectivity index (χ1n) is 6.70. The third-order valence-corrected chi connectivity index (χ3v) is 3.71. The van der Waals surface area contributed by atoms with E-state index in [1.807, 2.05) is 12.1 Å². The Kier molecular flexibility index (Phi) is 3.51. The van der Waals surface area contributed by atoms with E-state index in [4.69, 9.17) is 5.11 Å². The highest BCUT2D eigenvalue weighted by atomic mass is 19.1. The molecule has 3 rings (SSSR count). The Labute approximate surface area is 120 Å². The number of aromatic nitrogens is 2. The fourth-order valence-corrected chi connectivity index (χ4v) is 2.52. The minimum Gasteiger partial charge on any atom is -0.476 e. The molecule has 1 saturated carbocycles. The molecule has 0 aliphatic heterocycles. The van der Waals surface area contributed by atoms with E-state index in [-0.39, 0.29) is 23.5 Å². The van der Waals surface area contributed by atoms with Gasteiger partial charge in [-0.3, -0.25) is 0 Å². The van der Waals surface area contributed by atoms with Crippen LogP contribution in [0.25, 0.3) is 0 Å². The molecule has 1 aliphatic rings. The van der Waals surface area contributed by atoms with Crippen LogP contribution in [0.4, 0.5) is 10.2 Å². The van der Waals surface area contributed by atoms with Crippen molar-refractivity contribution >= 4 is 11.8 Å². The lowest BCUT2D eigenvalue weighted by atomic mass is 9.75. The van der Waals surface area contributed by atoms with E-state index < -0.39 is 5.97 Å². The zero-order valence-corrected chi connectivity index (χ0v) is 11.2. The summed E-state index contributed by atoms with van der Waals surface area (Å²) in [7, 11) is 0. The number of hydrogen-bond donors (Lipinski definition) is 2. The van der Waals surface area contributed by atoms with Gasteiger partial charge >= 0.3 is 5.97 Å². The number of nitrogens with one attached hydrogen (secondary N) is 1. The van der Waals surface area contributed by atoms with E-state index in [0.717, 1.165) is 18.4 Å². The summed E-state index contributed by atoms with van der Waals surface area (Å²) in [5.41, 5.74) is 0.668. The summed E-state index contributed by atoms with van der Waals surface area (Å²) in [6.45, 7) is 0. The van der Waals surface area contributed by atoms with Crippen LogP contribution in [0.5, 0.6) is 0 Å². The first-order valence-corrected chi connectivity index (χ1v) is 6.70. The quantitative estimate of drug-likeness (QED) is 0.904. The van der Waals surface area contributed by atoms with Crippen LogP contribution in [0.1, 0.15) is 34.8 Å². The lowest BCUT2D eigenvalue weighted by Crippen LogP contribution is -2.34. The molecule has 5 nitrogen and oxygen atoms in total. The number of carboxylic acid groups (broad SMARTS) is 1. The fourth-order valence-electron chi connectivity index (χ4n) is 2.52. The number of hydrogen-bond acceptors (Lipinski definition) is 4. The molecule has 21 heavy (non-hydrogen) atoms. The standard InChI is InChI=1S/C15H14FN3O2/c16-12-4-2-1-3-11(12)9-5-10(6-9)19-14-8-17-13(7-18-14)15(20)21/h1-4,7-10H,5-6H2,(H,18,19)(H,20,21). The maximum absolute atomic E-state index is 13.6. The highest BCUT2D eigenvalue weighted by Gasteiger charge is 2.32. The van der Waals surface area contributed by atoms with Crippen molar-refractivity contribution in [3.63, 3.8) is 0 Å². The molecule has 1 aromatic heterocycles. The van der Waals surface area contributed by atoms with Gasteiger partial charge in [-0.25, -0.2) is 19.2 Å². The van der Waals surface area contributed by atoms with Crippen LogP contribution in [0, 0.1) is 5.82 Å². The topological polar surface area (TPSA) is 75.1 Å². The van der Waals surface area contributed by atoms with Crippen molar-refractivity contribution in [1.82, 2.24) is 9.97 Å². The number of nitrogens with zero attached hydrogens (tertiary/aromatic N) is 2. The van der Waals surface area contributed by atoms with Crippen LogP contribution in [0.15, 0.2) is 36.7 Å². The summed E-state index contributed by atoms with van der Waals surface area (Å²) in [5.74, 6) is -0.504. The molecule has 6 heteroatoms. The maximum Gasteiger partial charge on any atom is 0.356 e. The van der Waals surface area contributed by atoms with Gasteiger partial charge in [0.1, 0.15) is 11.6 Å². The SMILES string of the molecule is O=C(O)c1cnc(NC2CC(c3ccccc3F)C2)cn1. The number of aromatic carboxylic acids is 1. The average Bonchev–Trinajstić information content (AvgIpc) is 2.44. The Balaban J connectivity index is 1.57. The minimum atomic E-state index is -1.10. The van der Waals surface area contributed by atoms with E-state index in [0.29, 0.717) is 5.82 Å². The molecule has 1 aliphatic carbocycles. The van der Waals surface area contributed by atoms with E-state index in [1.54, 1.807) is 6.07 Å². The summed E-state index contributed by atoms with van der Waals surface area (Å²) >= 11 is 0.